The lowest BCUT2D eigenvalue weighted by Gasteiger charge is -2.27. The number of halogens is 3. The summed E-state index contributed by atoms with van der Waals surface area (Å²) in [6.45, 7) is 1.52. The molecule has 0 saturated carbocycles. The second-order valence-electron chi connectivity index (χ2n) is 5.06. The molecule has 0 amide bonds. The molecule has 0 aliphatic carbocycles. The van der Waals surface area contributed by atoms with E-state index < -0.39 is 29.7 Å². The van der Waals surface area contributed by atoms with Gasteiger partial charge in [-0.25, -0.2) is 9.67 Å². The van der Waals surface area contributed by atoms with Crippen LogP contribution in [0.15, 0.2) is 29.3 Å². The van der Waals surface area contributed by atoms with Gasteiger partial charge in [-0.3, -0.25) is 4.79 Å². The maximum Gasteiger partial charge on any atom is 0.416 e. The number of aliphatic imine (C=N–C) groups is 1. The lowest BCUT2D eigenvalue weighted by atomic mass is 9.88. The number of hydrogen-bond acceptors (Lipinski definition) is 5. The zero-order valence-electron chi connectivity index (χ0n) is 11.7. The molecule has 23 heavy (non-hydrogen) atoms. The molecule has 1 aliphatic rings. The van der Waals surface area contributed by atoms with Crippen molar-refractivity contribution in [1.82, 2.24) is 20.2 Å². The average Bonchev–Trinajstić information content (AvgIpc) is 2.92. The van der Waals surface area contributed by atoms with E-state index in [1.807, 2.05) is 0 Å². The standard InChI is InChI=1S/C13H10F3N5O2/c1-6-9(11(22)23)10(21-12(17-6)18-19-20-21)7-2-4-8(5-3-7)13(14,15)16/h2-5,9-10H,1H3,(H,22,23). The number of nitrogens with zero attached hydrogens (tertiary/aromatic N) is 5. The van der Waals surface area contributed by atoms with E-state index in [0.717, 1.165) is 12.1 Å². The van der Waals surface area contributed by atoms with Gasteiger partial charge < -0.3 is 5.11 Å². The summed E-state index contributed by atoms with van der Waals surface area (Å²) in [5, 5.41) is 20.3. The molecule has 120 valence electrons. The maximum atomic E-state index is 12.7. The minimum absolute atomic E-state index is 0.116. The van der Waals surface area contributed by atoms with Gasteiger partial charge in [0, 0.05) is 5.71 Å². The van der Waals surface area contributed by atoms with Crippen molar-refractivity contribution in [3.63, 3.8) is 0 Å². The molecule has 0 fully saturated rings. The Morgan fingerprint density at radius 2 is 1.91 bits per heavy atom. The summed E-state index contributed by atoms with van der Waals surface area (Å²) in [7, 11) is 0. The normalized spacial score (nSPS) is 20.8. The van der Waals surface area contributed by atoms with Crippen LogP contribution in [0.5, 0.6) is 0 Å². The van der Waals surface area contributed by atoms with Crippen molar-refractivity contribution in [2.75, 3.05) is 0 Å². The van der Waals surface area contributed by atoms with Crippen LogP contribution < -0.4 is 0 Å². The van der Waals surface area contributed by atoms with Crippen molar-refractivity contribution in [2.45, 2.75) is 19.1 Å². The van der Waals surface area contributed by atoms with E-state index in [1.165, 1.54) is 23.7 Å². The Morgan fingerprint density at radius 3 is 2.48 bits per heavy atom. The largest absolute Gasteiger partial charge is 0.481 e. The van der Waals surface area contributed by atoms with E-state index in [1.54, 1.807) is 0 Å². The topological polar surface area (TPSA) is 93.3 Å². The van der Waals surface area contributed by atoms with Gasteiger partial charge in [-0.1, -0.05) is 17.2 Å². The molecule has 2 unspecified atom stereocenters. The zero-order valence-corrected chi connectivity index (χ0v) is 11.7. The quantitative estimate of drug-likeness (QED) is 0.912. The fraction of sp³-hybridized carbons (Fsp3) is 0.308. The first kappa shape index (κ1) is 15.1. The molecule has 0 saturated heterocycles. The molecule has 0 radical (unpaired) electrons. The number of carbonyl (C=O) groups is 1. The SMILES string of the molecule is CC1=Nc2nnnn2C(c2ccc(C(F)(F)F)cc2)C1C(=O)O. The van der Waals surface area contributed by atoms with Crippen LogP contribution in [0.1, 0.15) is 24.1 Å². The Labute approximate surface area is 127 Å². The first-order valence-electron chi connectivity index (χ1n) is 6.52. The summed E-state index contributed by atoms with van der Waals surface area (Å²) in [5.41, 5.74) is -0.177. The van der Waals surface area contributed by atoms with Crippen LogP contribution in [0.4, 0.5) is 19.1 Å². The molecule has 1 aliphatic heterocycles. The van der Waals surface area contributed by atoms with Gasteiger partial charge in [-0.15, -0.1) is 0 Å². The van der Waals surface area contributed by atoms with Gasteiger partial charge in [0.15, 0.2) is 0 Å². The predicted molar refractivity (Wildman–Crippen MR) is 71.3 cm³/mol. The Bertz CT molecular complexity index is 782. The number of carboxylic acid groups (broad SMARTS) is 1. The molecule has 1 aromatic carbocycles. The summed E-state index contributed by atoms with van der Waals surface area (Å²) >= 11 is 0. The van der Waals surface area contributed by atoms with E-state index in [0.29, 0.717) is 5.56 Å². The highest BCUT2D eigenvalue weighted by Gasteiger charge is 2.39. The summed E-state index contributed by atoms with van der Waals surface area (Å²) in [4.78, 5) is 15.6. The number of benzene rings is 1. The van der Waals surface area contributed by atoms with Crippen LogP contribution in [0.2, 0.25) is 0 Å². The third-order valence-corrected chi connectivity index (χ3v) is 3.63. The molecular formula is C13H10F3N5O2. The summed E-state index contributed by atoms with van der Waals surface area (Å²) in [6, 6.07) is 3.40. The summed E-state index contributed by atoms with van der Waals surface area (Å²) in [5.74, 6) is -2.11. The first-order valence-corrected chi connectivity index (χ1v) is 6.52. The highest BCUT2D eigenvalue weighted by Crippen LogP contribution is 2.36. The number of hydrogen-bond donors (Lipinski definition) is 1. The average molecular weight is 325 g/mol. The molecular weight excluding hydrogens is 315 g/mol. The minimum atomic E-state index is -4.46. The highest BCUT2D eigenvalue weighted by atomic mass is 19.4. The predicted octanol–water partition coefficient (Wildman–Crippen LogP) is 2.09. The third-order valence-electron chi connectivity index (χ3n) is 3.63. The van der Waals surface area contributed by atoms with Crippen LogP contribution in [-0.4, -0.2) is 37.0 Å². The molecule has 1 aromatic heterocycles. The van der Waals surface area contributed by atoms with Gasteiger partial charge in [-0.05, 0) is 35.0 Å². The number of carboxylic acids is 1. The van der Waals surface area contributed by atoms with Gasteiger partial charge in [0.2, 0.25) is 0 Å². The number of aliphatic carboxylic acids is 1. The maximum absolute atomic E-state index is 12.7. The van der Waals surface area contributed by atoms with Crippen molar-refractivity contribution in [2.24, 2.45) is 10.9 Å². The van der Waals surface area contributed by atoms with Crippen LogP contribution in [0.25, 0.3) is 0 Å². The number of rotatable bonds is 2. The van der Waals surface area contributed by atoms with Crippen LogP contribution in [0.3, 0.4) is 0 Å². The van der Waals surface area contributed by atoms with E-state index in [-0.39, 0.29) is 11.7 Å². The fourth-order valence-electron chi connectivity index (χ4n) is 2.56. The molecule has 0 bridgehead atoms. The number of fused-ring (bicyclic) bond motifs is 1. The van der Waals surface area contributed by atoms with Gasteiger partial charge in [-0.2, -0.15) is 13.2 Å². The van der Waals surface area contributed by atoms with E-state index in [2.05, 4.69) is 20.5 Å². The number of aromatic nitrogens is 4. The van der Waals surface area contributed by atoms with Crippen molar-refractivity contribution < 1.29 is 23.1 Å². The lowest BCUT2D eigenvalue weighted by molar-refractivity contribution is -0.140. The fourth-order valence-corrected chi connectivity index (χ4v) is 2.56. The smallest absolute Gasteiger partial charge is 0.416 e. The molecule has 2 heterocycles. The van der Waals surface area contributed by atoms with Gasteiger partial charge in [0.1, 0.15) is 12.0 Å². The molecule has 0 spiro atoms. The Morgan fingerprint density at radius 1 is 1.26 bits per heavy atom. The molecule has 7 nitrogen and oxygen atoms in total. The summed E-state index contributed by atoms with van der Waals surface area (Å²) in [6.07, 6.45) is -4.46. The van der Waals surface area contributed by atoms with Crippen LogP contribution in [-0.2, 0) is 11.0 Å². The van der Waals surface area contributed by atoms with Crippen molar-refractivity contribution in [3.05, 3.63) is 35.4 Å². The Kier molecular flexibility index (Phi) is 3.38. The molecule has 2 atom stereocenters. The van der Waals surface area contributed by atoms with Crippen molar-refractivity contribution in [3.8, 4) is 0 Å². The summed E-state index contributed by atoms with van der Waals surface area (Å²) < 4.78 is 39.2. The Hall–Kier alpha value is -2.78. The minimum Gasteiger partial charge on any atom is -0.481 e. The van der Waals surface area contributed by atoms with E-state index >= 15 is 0 Å². The highest BCUT2D eigenvalue weighted by molar-refractivity contribution is 6.02. The van der Waals surface area contributed by atoms with Crippen molar-refractivity contribution >= 4 is 17.6 Å². The van der Waals surface area contributed by atoms with Crippen molar-refractivity contribution in [1.29, 1.82) is 0 Å². The zero-order chi connectivity index (χ0) is 16.8. The number of alkyl halides is 3. The van der Waals surface area contributed by atoms with Gasteiger partial charge in [0.05, 0.1) is 5.56 Å². The second kappa shape index (κ2) is 5.14. The first-order chi connectivity index (χ1) is 10.8. The molecule has 2 aromatic rings. The van der Waals surface area contributed by atoms with E-state index in [4.69, 9.17) is 0 Å². The third kappa shape index (κ3) is 2.56. The molecule has 3 rings (SSSR count). The molecule has 1 N–H and O–H groups in total. The second-order valence-corrected chi connectivity index (χ2v) is 5.06. The molecule has 10 heteroatoms. The Balaban J connectivity index is 2.09. The lowest BCUT2D eigenvalue weighted by Crippen LogP contribution is -2.35. The van der Waals surface area contributed by atoms with Crippen LogP contribution in [0, 0.1) is 5.92 Å². The monoisotopic (exact) mass is 325 g/mol. The van der Waals surface area contributed by atoms with Gasteiger partial charge in [0.25, 0.3) is 5.95 Å². The number of tetrazole rings is 1. The van der Waals surface area contributed by atoms with E-state index in [9.17, 15) is 23.1 Å². The van der Waals surface area contributed by atoms with Gasteiger partial charge >= 0.3 is 12.1 Å². The van der Waals surface area contributed by atoms with Crippen LogP contribution >= 0.6 is 0 Å².